The first kappa shape index (κ1) is 19.1. The number of nitrogens with one attached hydrogen (secondary N) is 1. The maximum absolute atomic E-state index is 13.7. The Morgan fingerprint density at radius 1 is 0.960 bits per heavy atom. The molecule has 8 heteroatoms. The van der Waals surface area contributed by atoms with E-state index in [4.69, 9.17) is 9.47 Å². The van der Waals surface area contributed by atoms with Crippen molar-refractivity contribution in [2.75, 3.05) is 13.2 Å². The first-order chi connectivity index (χ1) is 11.9. The summed E-state index contributed by atoms with van der Waals surface area (Å²) in [5.41, 5.74) is 0.590. The van der Waals surface area contributed by atoms with Gasteiger partial charge < -0.3 is 9.47 Å². The lowest BCUT2D eigenvalue weighted by Crippen LogP contribution is -2.24. The SMILES string of the molecule is CCOc1ccc(CNS(=O)(=O)c2cc(F)ccc2F)cc1OCC. The standard InChI is InChI=1S/C17H19F2NO4S/c1-3-23-15-8-5-12(9-16(15)24-4-2)11-20-25(21,22)17-10-13(18)6-7-14(17)19/h5-10,20H,3-4,11H2,1-2H3. The molecule has 0 aliphatic heterocycles. The van der Waals surface area contributed by atoms with Gasteiger partial charge in [0.25, 0.3) is 0 Å². The minimum absolute atomic E-state index is 0.106. The van der Waals surface area contributed by atoms with Gasteiger partial charge >= 0.3 is 0 Å². The second-order valence-corrected chi connectivity index (χ2v) is 6.78. The molecule has 0 aliphatic carbocycles. The molecule has 0 unspecified atom stereocenters. The van der Waals surface area contributed by atoms with Crippen LogP contribution in [0.4, 0.5) is 8.78 Å². The highest BCUT2D eigenvalue weighted by atomic mass is 32.2. The molecule has 0 saturated carbocycles. The molecule has 1 N–H and O–H groups in total. The number of hydrogen-bond donors (Lipinski definition) is 1. The van der Waals surface area contributed by atoms with Crippen LogP contribution in [0.3, 0.4) is 0 Å². The van der Waals surface area contributed by atoms with E-state index in [0.29, 0.717) is 36.3 Å². The minimum Gasteiger partial charge on any atom is -0.490 e. The fraction of sp³-hybridized carbons (Fsp3) is 0.294. The van der Waals surface area contributed by atoms with Gasteiger partial charge in [-0.05, 0) is 49.7 Å². The average Bonchev–Trinajstić information content (AvgIpc) is 2.57. The molecule has 25 heavy (non-hydrogen) atoms. The molecule has 2 aromatic rings. The third kappa shape index (κ3) is 4.90. The van der Waals surface area contributed by atoms with Crippen LogP contribution in [0, 0.1) is 11.6 Å². The molecule has 0 atom stereocenters. The monoisotopic (exact) mass is 371 g/mol. The molecule has 0 aliphatic rings. The van der Waals surface area contributed by atoms with Crippen molar-refractivity contribution in [1.82, 2.24) is 4.72 Å². The molecule has 0 amide bonds. The van der Waals surface area contributed by atoms with Gasteiger partial charge in [-0.3, -0.25) is 0 Å². The summed E-state index contributed by atoms with van der Waals surface area (Å²) in [5.74, 6) is -0.817. The summed E-state index contributed by atoms with van der Waals surface area (Å²) in [6.07, 6.45) is 0. The van der Waals surface area contributed by atoms with Gasteiger partial charge in [-0.2, -0.15) is 0 Å². The van der Waals surface area contributed by atoms with Crippen LogP contribution in [0.1, 0.15) is 19.4 Å². The lowest BCUT2D eigenvalue weighted by atomic mass is 10.2. The van der Waals surface area contributed by atoms with Gasteiger partial charge in [0.2, 0.25) is 10.0 Å². The van der Waals surface area contributed by atoms with E-state index in [-0.39, 0.29) is 6.54 Å². The molecule has 136 valence electrons. The summed E-state index contributed by atoms with van der Waals surface area (Å²) in [6.45, 7) is 4.43. The van der Waals surface area contributed by atoms with Gasteiger partial charge in [-0.15, -0.1) is 0 Å². The summed E-state index contributed by atoms with van der Waals surface area (Å²) >= 11 is 0. The van der Waals surface area contributed by atoms with Crippen molar-refractivity contribution in [2.45, 2.75) is 25.3 Å². The Kier molecular flexibility index (Phi) is 6.33. The van der Waals surface area contributed by atoms with Crippen LogP contribution < -0.4 is 14.2 Å². The molecule has 5 nitrogen and oxygen atoms in total. The van der Waals surface area contributed by atoms with Crippen molar-refractivity contribution in [3.63, 3.8) is 0 Å². The van der Waals surface area contributed by atoms with E-state index in [0.717, 1.165) is 12.1 Å². The molecule has 2 rings (SSSR count). The fourth-order valence-electron chi connectivity index (χ4n) is 2.14. The Bertz CT molecular complexity index is 841. The van der Waals surface area contributed by atoms with Crippen molar-refractivity contribution in [3.8, 4) is 11.5 Å². The van der Waals surface area contributed by atoms with Crippen molar-refractivity contribution in [2.24, 2.45) is 0 Å². The van der Waals surface area contributed by atoms with E-state index < -0.39 is 26.6 Å². The Balaban J connectivity index is 2.19. The van der Waals surface area contributed by atoms with E-state index >= 15 is 0 Å². The number of sulfonamides is 1. The fourth-order valence-corrected chi connectivity index (χ4v) is 3.25. The molecule has 0 spiro atoms. The molecular weight excluding hydrogens is 352 g/mol. The Morgan fingerprint density at radius 2 is 1.64 bits per heavy atom. The number of ether oxygens (including phenoxy) is 2. The van der Waals surface area contributed by atoms with Crippen molar-refractivity contribution in [3.05, 3.63) is 53.6 Å². The van der Waals surface area contributed by atoms with E-state index in [1.165, 1.54) is 0 Å². The highest BCUT2D eigenvalue weighted by molar-refractivity contribution is 7.89. The van der Waals surface area contributed by atoms with E-state index in [2.05, 4.69) is 4.72 Å². The van der Waals surface area contributed by atoms with Crippen LogP contribution in [0.5, 0.6) is 11.5 Å². The van der Waals surface area contributed by atoms with Crippen molar-refractivity contribution >= 4 is 10.0 Å². The Labute approximate surface area is 145 Å². The molecule has 0 aromatic heterocycles. The first-order valence-corrected chi connectivity index (χ1v) is 9.19. The number of hydrogen-bond acceptors (Lipinski definition) is 4. The van der Waals surface area contributed by atoms with Gasteiger partial charge in [0.15, 0.2) is 11.5 Å². The quantitative estimate of drug-likeness (QED) is 0.774. The van der Waals surface area contributed by atoms with Crippen LogP contribution in [0.2, 0.25) is 0 Å². The largest absolute Gasteiger partial charge is 0.490 e. The van der Waals surface area contributed by atoms with Crippen LogP contribution in [0.15, 0.2) is 41.3 Å². The molecule has 0 radical (unpaired) electrons. The van der Waals surface area contributed by atoms with Crippen LogP contribution in [0.25, 0.3) is 0 Å². The van der Waals surface area contributed by atoms with Gasteiger partial charge in [-0.1, -0.05) is 6.07 Å². The molecule has 0 bridgehead atoms. The third-order valence-electron chi connectivity index (χ3n) is 3.26. The van der Waals surface area contributed by atoms with E-state index in [9.17, 15) is 17.2 Å². The lowest BCUT2D eigenvalue weighted by molar-refractivity contribution is 0.287. The molecule has 0 fully saturated rings. The molecule has 2 aromatic carbocycles. The average molecular weight is 371 g/mol. The Morgan fingerprint density at radius 3 is 2.32 bits per heavy atom. The zero-order valence-corrected chi connectivity index (χ0v) is 14.7. The van der Waals surface area contributed by atoms with E-state index in [1.807, 2.05) is 13.8 Å². The zero-order valence-electron chi connectivity index (χ0n) is 13.9. The predicted molar refractivity (Wildman–Crippen MR) is 89.2 cm³/mol. The third-order valence-corrected chi connectivity index (χ3v) is 4.67. The van der Waals surface area contributed by atoms with Crippen molar-refractivity contribution in [1.29, 1.82) is 0 Å². The summed E-state index contributed by atoms with van der Waals surface area (Å²) in [6, 6.07) is 7.24. The normalized spacial score (nSPS) is 11.4. The second kappa shape index (κ2) is 8.26. The maximum Gasteiger partial charge on any atom is 0.243 e. The van der Waals surface area contributed by atoms with Gasteiger partial charge in [0, 0.05) is 6.54 Å². The van der Waals surface area contributed by atoms with Crippen LogP contribution in [-0.2, 0) is 16.6 Å². The van der Waals surface area contributed by atoms with Crippen LogP contribution in [-0.4, -0.2) is 21.6 Å². The van der Waals surface area contributed by atoms with E-state index in [1.54, 1.807) is 18.2 Å². The lowest BCUT2D eigenvalue weighted by Gasteiger charge is -2.13. The minimum atomic E-state index is -4.19. The summed E-state index contributed by atoms with van der Waals surface area (Å²) in [4.78, 5) is -0.733. The Hall–Kier alpha value is -2.19. The molecular formula is C17H19F2NO4S. The number of halogens is 2. The van der Waals surface area contributed by atoms with Gasteiger partial charge in [-0.25, -0.2) is 21.9 Å². The van der Waals surface area contributed by atoms with Gasteiger partial charge in [0.05, 0.1) is 13.2 Å². The summed E-state index contributed by atoms with van der Waals surface area (Å²) in [5, 5.41) is 0. The second-order valence-electron chi connectivity index (χ2n) is 5.05. The number of rotatable bonds is 8. The van der Waals surface area contributed by atoms with Crippen molar-refractivity contribution < 1.29 is 26.7 Å². The molecule has 0 heterocycles. The van der Waals surface area contributed by atoms with Gasteiger partial charge in [0.1, 0.15) is 16.5 Å². The highest BCUT2D eigenvalue weighted by Crippen LogP contribution is 2.28. The molecule has 0 saturated heterocycles. The first-order valence-electron chi connectivity index (χ1n) is 7.70. The smallest absolute Gasteiger partial charge is 0.243 e. The zero-order chi connectivity index (χ0) is 18.4. The number of benzene rings is 2. The van der Waals surface area contributed by atoms with Crippen LogP contribution >= 0.6 is 0 Å². The predicted octanol–water partition coefficient (Wildman–Crippen LogP) is 3.24. The summed E-state index contributed by atoms with van der Waals surface area (Å²) < 4.78 is 64.4. The topological polar surface area (TPSA) is 64.6 Å². The highest BCUT2D eigenvalue weighted by Gasteiger charge is 2.20. The summed E-state index contributed by atoms with van der Waals surface area (Å²) in [7, 11) is -4.19. The maximum atomic E-state index is 13.7.